The van der Waals surface area contributed by atoms with Gasteiger partial charge in [0.15, 0.2) is 11.5 Å². The Kier molecular flexibility index (Phi) is 5.44. The van der Waals surface area contributed by atoms with Crippen LogP contribution < -0.4 is 14.8 Å². The minimum Gasteiger partial charge on any atom is -0.493 e. The highest BCUT2D eigenvalue weighted by molar-refractivity contribution is 5.85. The number of benzene rings is 2. The number of fused-ring (bicyclic) bond motifs is 1. The molecule has 0 amide bonds. The van der Waals surface area contributed by atoms with E-state index in [-0.39, 0.29) is 18.4 Å². The molecule has 0 saturated heterocycles. The lowest BCUT2D eigenvalue weighted by molar-refractivity contribution is 0.321. The summed E-state index contributed by atoms with van der Waals surface area (Å²) in [5.41, 5.74) is 3.46. The zero-order valence-electron chi connectivity index (χ0n) is 14.6. The number of halogens is 1. The highest BCUT2D eigenvalue weighted by atomic mass is 35.5. The summed E-state index contributed by atoms with van der Waals surface area (Å²) in [6.07, 6.45) is 0.837. The molecule has 1 aromatic heterocycles. The minimum atomic E-state index is 0. The molecular weight excluding hydrogens is 354 g/mol. The summed E-state index contributed by atoms with van der Waals surface area (Å²) in [6, 6.07) is 14.0. The summed E-state index contributed by atoms with van der Waals surface area (Å²) in [5.74, 6) is 2.44. The molecule has 26 heavy (non-hydrogen) atoms. The van der Waals surface area contributed by atoms with Crippen molar-refractivity contribution >= 4 is 12.4 Å². The van der Waals surface area contributed by atoms with Gasteiger partial charge in [0.2, 0.25) is 11.7 Å². The molecule has 0 radical (unpaired) electrons. The van der Waals surface area contributed by atoms with Crippen molar-refractivity contribution < 1.29 is 14.0 Å². The molecule has 2 heterocycles. The Morgan fingerprint density at radius 2 is 1.81 bits per heavy atom. The van der Waals surface area contributed by atoms with E-state index in [0.29, 0.717) is 23.2 Å². The summed E-state index contributed by atoms with van der Waals surface area (Å²) >= 11 is 0. The number of nitrogens with zero attached hydrogens (tertiary/aromatic N) is 2. The van der Waals surface area contributed by atoms with Crippen molar-refractivity contribution in [3.8, 4) is 22.9 Å². The monoisotopic (exact) mass is 373 g/mol. The second-order valence-electron chi connectivity index (χ2n) is 5.93. The van der Waals surface area contributed by atoms with Crippen LogP contribution >= 0.6 is 12.4 Å². The smallest absolute Gasteiger partial charge is 0.244 e. The molecule has 0 bridgehead atoms. The molecule has 136 valence electrons. The first kappa shape index (κ1) is 18.2. The third-order valence-corrected chi connectivity index (χ3v) is 4.46. The number of methoxy groups -OCH3 is 2. The Morgan fingerprint density at radius 1 is 1.04 bits per heavy atom. The van der Waals surface area contributed by atoms with Gasteiger partial charge >= 0.3 is 0 Å². The summed E-state index contributed by atoms with van der Waals surface area (Å²) in [7, 11) is 3.21. The quantitative estimate of drug-likeness (QED) is 0.754. The number of hydrogen-bond donors (Lipinski definition) is 1. The summed E-state index contributed by atoms with van der Waals surface area (Å²) in [6.45, 7) is 0.801. The first-order chi connectivity index (χ1) is 12.3. The molecular formula is C19H20ClN3O3. The van der Waals surface area contributed by atoms with Crippen molar-refractivity contribution in [1.29, 1.82) is 0 Å². The Morgan fingerprint density at radius 3 is 2.58 bits per heavy atom. The van der Waals surface area contributed by atoms with Crippen LogP contribution in [0.15, 0.2) is 47.0 Å². The standard InChI is InChI=1S/C19H19N3O3.ClH/c1-23-16-8-7-13(10-17(16)24-2)18-21-19(25-22-18)15-9-12-5-3-4-6-14(12)11-20-15;/h3-8,10,15,20H,9,11H2,1-2H3;1H/t15-;/m1./s1. The zero-order chi connectivity index (χ0) is 17.2. The van der Waals surface area contributed by atoms with Gasteiger partial charge in [-0.1, -0.05) is 29.4 Å². The highest BCUT2D eigenvalue weighted by Gasteiger charge is 2.24. The predicted molar refractivity (Wildman–Crippen MR) is 99.8 cm³/mol. The molecule has 1 aliphatic rings. The maximum Gasteiger partial charge on any atom is 0.244 e. The number of aromatic nitrogens is 2. The molecule has 7 heteroatoms. The van der Waals surface area contributed by atoms with Gasteiger partial charge < -0.3 is 19.3 Å². The Balaban J connectivity index is 0.00000196. The summed E-state index contributed by atoms with van der Waals surface area (Å²) in [5, 5.41) is 7.58. The Bertz CT molecular complexity index is 897. The van der Waals surface area contributed by atoms with Crippen LogP contribution in [-0.4, -0.2) is 24.4 Å². The largest absolute Gasteiger partial charge is 0.493 e. The molecule has 3 aromatic rings. The maximum absolute atomic E-state index is 5.51. The van der Waals surface area contributed by atoms with Gasteiger partial charge in [0.05, 0.1) is 20.3 Å². The lowest BCUT2D eigenvalue weighted by Crippen LogP contribution is -2.28. The van der Waals surface area contributed by atoms with Gasteiger partial charge in [0, 0.05) is 12.1 Å². The molecule has 0 fully saturated rings. The fraction of sp³-hybridized carbons (Fsp3) is 0.263. The molecule has 2 aromatic carbocycles. The lowest BCUT2D eigenvalue weighted by Gasteiger charge is -2.23. The van der Waals surface area contributed by atoms with Crippen LogP contribution in [0.25, 0.3) is 11.4 Å². The van der Waals surface area contributed by atoms with E-state index in [2.05, 4.69) is 39.7 Å². The van der Waals surface area contributed by atoms with Crippen molar-refractivity contribution in [2.75, 3.05) is 14.2 Å². The molecule has 0 aliphatic carbocycles. The third-order valence-electron chi connectivity index (χ3n) is 4.46. The molecule has 0 unspecified atom stereocenters. The van der Waals surface area contributed by atoms with E-state index < -0.39 is 0 Å². The van der Waals surface area contributed by atoms with E-state index in [4.69, 9.17) is 14.0 Å². The molecule has 0 saturated carbocycles. The minimum absolute atomic E-state index is 0. The number of nitrogens with one attached hydrogen (secondary N) is 1. The van der Waals surface area contributed by atoms with Crippen LogP contribution in [-0.2, 0) is 13.0 Å². The highest BCUT2D eigenvalue weighted by Crippen LogP contribution is 2.32. The van der Waals surface area contributed by atoms with Crippen LogP contribution in [0, 0.1) is 0 Å². The normalized spacial score (nSPS) is 15.7. The van der Waals surface area contributed by atoms with Crippen molar-refractivity contribution in [3.05, 3.63) is 59.5 Å². The van der Waals surface area contributed by atoms with Crippen molar-refractivity contribution in [3.63, 3.8) is 0 Å². The molecule has 1 N–H and O–H groups in total. The predicted octanol–water partition coefficient (Wildman–Crippen LogP) is 3.56. The van der Waals surface area contributed by atoms with Gasteiger partial charge in [-0.25, -0.2) is 0 Å². The molecule has 6 nitrogen and oxygen atoms in total. The van der Waals surface area contributed by atoms with Gasteiger partial charge in [-0.15, -0.1) is 12.4 Å². The molecule has 0 spiro atoms. The average Bonchev–Trinajstić information content (AvgIpc) is 3.17. The first-order valence-electron chi connectivity index (χ1n) is 8.14. The topological polar surface area (TPSA) is 69.4 Å². The first-order valence-corrected chi connectivity index (χ1v) is 8.14. The maximum atomic E-state index is 5.51. The average molecular weight is 374 g/mol. The van der Waals surface area contributed by atoms with E-state index in [1.165, 1.54) is 11.1 Å². The van der Waals surface area contributed by atoms with E-state index in [1.807, 2.05) is 18.2 Å². The van der Waals surface area contributed by atoms with Crippen LogP contribution in [0.2, 0.25) is 0 Å². The van der Waals surface area contributed by atoms with E-state index >= 15 is 0 Å². The Labute approximate surface area is 157 Å². The second kappa shape index (κ2) is 7.76. The zero-order valence-corrected chi connectivity index (χ0v) is 15.4. The molecule has 1 atom stereocenters. The van der Waals surface area contributed by atoms with Crippen LogP contribution in [0.5, 0.6) is 11.5 Å². The van der Waals surface area contributed by atoms with Crippen molar-refractivity contribution in [1.82, 2.24) is 15.5 Å². The van der Waals surface area contributed by atoms with Crippen molar-refractivity contribution in [2.24, 2.45) is 0 Å². The SMILES string of the molecule is COc1ccc(-c2noc([C@H]3Cc4ccccc4CN3)n2)cc1OC.Cl. The van der Waals surface area contributed by atoms with Crippen LogP contribution in [0.4, 0.5) is 0 Å². The number of rotatable bonds is 4. The van der Waals surface area contributed by atoms with Gasteiger partial charge in [-0.05, 0) is 35.7 Å². The summed E-state index contributed by atoms with van der Waals surface area (Å²) < 4.78 is 16.1. The van der Waals surface area contributed by atoms with Crippen LogP contribution in [0.1, 0.15) is 23.1 Å². The number of ether oxygens (including phenoxy) is 2. The fourth-order valence-corrected chi connectivity index (χ4v) is 3.10. The second-order valence-corrected chi connectivity index (χ2v) is 5.93. The van der Waals surface area contributed by atoms with Gasteiger partial charge in [-0.3, -0.25) is 0 Å². The fourth-order valence-electron chi connectivity index (χ4n) is 3.10. The van der Waals surface area contributed by atoms with Gasteiger partial charge in [0.25, 0.3) is 0 Å². The van der Waals surface area contributed by atoms with E-state index in [9.17, 15) is 0 Å². The van der Waals surface area contributed by atoms with E-state index in [1.54, 1.807) is 14.2 Å². The number of hydrogen-bond acceptors (Lipinski definition) is 6. The summed E-state index contributed by atoms with van der Waals surface area (Å²) in [4.78, 5) is 4.57. The Hall–Kier alpha value is -2.57. The van der Waals surface area contributed by atoms with E-state index in [0.717, 1.165) is 18.5 Å². The van der Waals surface area contributed by atoms with Gasteiger partial charge in [-0.2, -0.15) is 4.98 Å². The third kappa shape index (κ3) is 3.38. The van der Waals surface area contributed by atoms with Gasteiger partial charge in [0.1, 0.15) is 0 Å². The molecule has 4 rings (SSSR count). The van der Waals surface area contributed by atoms with Crippen molar-refractivity contribution in [2.45, 2.75) is 19.0 Å². The lowest BCUT2D eigenvalue weighted by atomic mass is 9.96. The molecule has 1 aliphatic heterocycles. The van der Waals surface area contributed by atoms with Crippen LogP contribution in [0.3, 0.4) is 0 Å².